The van der Waals surface area contributed by atoms with Crippen molar-refractivity contribution in [3.05, 3.63) is 42.1 Å². The van der Waals surface area contributed by atoms with Crippen LogP contribution in [0.1, 0.15) is 13.8 Å². The summed E-state index contributed by atoms with van der Waals surface area (Å²) in [6.45, 7) is 4.22. The Morgan fingerprint density at radius 1 is 1.13 bits per heavy atom. The number of cyclic esters (lactones) is 2. The summed E-state index contributed by atoms with van der Waals surface area (Å²) >= 11 is 0. The minimum atomic E-state index is -0.884. The number of nitrogens with zero attached hydrogens (tertiary/aromatic N) is 3. The minimum Gasteiger partial charge on any atom is -0.447 e. The molecule has 0 spiro atoms. The Bertz CT molecular complexity index is 916. The van der Waals surface area contributed by atoms with Crippen LogP contribution in [0.25, 0.3) is 11.1 Å². The topological polar surface area (TPSA) is 92.2 Å². The third-order valence-electron chi connectivity index (χ3n) is 4.49. The molecule has 2 aliphatic heterocycles. The fourth-order valence-corrected chi connectivity index (χ4v) is 3.11. The maximum absolute atomic E-state index is 14.6. The predicted molar refractivity (Wildman–Crippen MR) is 104 cm³/mol. The maximum Gasteiger partial charge on any atom is 0.415 e. The summed E-state index contributed by atoms with van der Waals surface area (Å²) in [4.78, 5) is 29.8. The van der Waals surface area contributed by atoms with E-state index in [4.69, 9.17) is 14.6 Å². The lowest BCUT2D eigenvalue weighted by Crippen LogP contribution is -2.25. The molecule has 2 aliphatic rings. The molecule has 0 bridgehead atoms. The largest absolute Gasteiger partial charge is 0.447 e. The van der Waals surface area contributed by atoms with Crippen molar-refractivity contribution in [2.45, 2.75) is 20.0 Å². The van der Waals surface area contributed by atoms with Gasteiger partial charge < -0.3 is 14.6 Å². The fourth-order valence-electron chi connectivity index (χ4n) is 3.11. The lowest BCUT2D eigenvalue weighted by atomic mass is 10.1. The number of anilines is 2. The molecule has 8 nitrogen and oxygen atoms in total. The highest BCUT2D eigenvalue weighted by atomic mass is 19.1. The van der Waals surface area contributed by atoms with Crippen molar-refractivity contribution in [3.63, 3.8) is 0 Å². The Balaban J connectivity index is 0.00000124. The van der Waals surface area contributed by atoms with Crippen LogP contribution in [0.2, 0.25) is 0 Å². The van der Waals surface area contributed by atoms with Gasteiger partial charge in [-0.25, -0.2) is 23.4 Å². The predicted octanol–water partition coefficient (Wildman–Crippen LogP) is 3.33. The molecule has 4 rings (SSSR count). The first-order chi connectivity index (χ1) is 14.5. The third kappa shape index (κ3) is 4.04. The lowest BCUT2D eigenvalue weighted by Gasteiger charge is -2.16. The van der Waals surface area contributed by atoms with E-state index in [9.17, 15) is 18.4 Å². The molecule has 1 atom stereocenters. The van der Waals surface area contributed by atoms with Gasteiger partial charge in [0.2, 0.25) is 0 Å². The average molecular weight is 421 g/mol. The van der Waals surface area contributed by atoms with Crippen molar-refractivity contribution in [1.29, 1.82) is 0 Å². The zero-order valence-corrected chi connectivity index (χ0v) is 16.5. The van der Waals surface area contributed by atoms with E-state index in [0.717, 1.165) is 17.0 Å². The van der Waals surface area contributed by atoms with Crippen molar-refractivity contribution < 1.29 is 33.0 Å². The molecule has 1 unspecified atom stereocenters. The van der Waals surface area contributed by atoms with Gasteiger partial charge in [-0.05, 0) is 24.3 Å². The Morgan fingerprint density at radius 2 is 1.83 bits per heavy atom. The molecule has 0 aliphatic carbocycles. The van der Waals surface area contributed by atoms with Crippen LogP contribution in [-0.2, 0) is 9.47 Å². The number of ether oxygens (including phenoxy) is 2. The normalized spacial score (nSPS) is 18.1. The molecule has 2 amide bonds. The average Bonchev–Trinajstić information content (AvgIpc) is 3.34. The molecule has 0 radical (unpaired) electrons. The van der Waals surface area contributed by atoms with Crippen LogP contribution < -0.4 is 9.80 Å². The van der Waals surface area contributed by atoms with Crippen molar-refractivity contribution >= 4 is 23.7 Å². The minimum absolute atomic E-state index is 0.00422. The van der Waals surface area contributed by atoms with Crippen LogP contribution in [0.15, 0.2) is 30.5 Å². The SMILES string of the molecule is CC.O=C1OC(CO)CN1c1cc(F)c(-c2ccc(N3CCOC3=O)nc2)c(F)c1. The smallest absolute Gasteiger partial charge is 0.415 e. The third-order valence-corrected chi connectivity index (χ3v) is 4.49. The van der Waals surface area contributed by atoms with Gasteiger partial charge in [-0.2, -0.15) is 0 Å². The van der Waals surface area contributed by atoms with Gasteiger partial charge in [0, 0.05) is 11.8 Å². The number of halogens is 2. The van der Waals surface area contributed by atoms with Gasteiger partial charge in [-0.3, -0.25) is 9.80 Å². The molecule has 1 aromatic carbocycles. The van der Waals surface area contributed by atoms with Crippen molar-refractivity contribution in [2.75, 3.05) is 36.1 Å². The fraction of sp³-hybridized carbons (Fsp3) is 0.350. The van der Waals surface area contributed by atoms with E-state index in [1.54, 1.807) is 0 Å². The van der Waals surface area contributed by atoms with Gasteiger partial charge in [-0.15, -0.1) is 0 Å². The number of carbonyl (C=O) groups excluding carboxylic acids is 2. The molecule has 1 aromatic heterocycles. The molecule has 160 valence electrons. The Hall–Kier alpha value is -3.27. The summed E-state index contributed by atoms with van der Waals surface area (Å²) in [5, 5.41) is 9.08. The molecule has 2 fully saturated rings. The number of aliphatic hydroxyl groups excluding tert-OH is 1. The van der Waals surface area contributed by atoms with E-state index < -0.39 is 29.9 Å². The summed E-state index contributed by atoms with van der Waals surface area (Å²) in [5.74, 6) is -1.45. The van der Waals surface area contributed by atoms with E-state index in [1.165, 1.54) is 23.2 Å². The van der Waals surface area contributed by atoms with Crippen molar-refractivity contribution in [2.24, 2.45) is 0 Å². The monoisotopic (exact) mass is 421 g/mol. The van der Waals surface area contributed by atoms with Crippen LogP contribution in [0.4, 0.5) is 29.9 Å². The van der Waals surface area contributed by atoms with Crippen molar-refractivity contribution in [3.8, 4) is 11.1 Å². The zero-order chi connectivity index (χ0) is 21.8. The Morgan fingerprint density at radius 3 is 2.33 bits per heavy atom. The summed E-state index contributed by atoms with van der Waals surface area (Å²) in [6, 6.07) is 4.95. The van der Waals surface area contributed by atoms with Crippen LogP contribution in [0, 0.1) is 11.6 Å². The summed E-state index contributed by atoms with van der Waals surface area (Å²) in [7, 11) is 0. The van der Waals surface area contributed by atoms with E-state index in [-0.39, 0.29) is 36.6 Å². The first kappa shape index (κ1) is 21.4. The number of aromatic nitrogens is 1. The lowest BCUT2D eigenvalue weighted by molar-refractivity contribution is 0.0963. The van der Waals surface area contributed by atoms with Gasteiger partial charge in [0.25, 0.3) is 0 Å². The summed E-state index contributed by atoms with van der Waals surface area (Å²) in [5.41, 5.74) is -0.141. The number of amides is 2. The molecule has 2 saturated heterocycles. The molecular weight excluding hydrogens is 400 g/mol. The number of hydrogen-bond donors (Lipinski definition) is 1. The van der Waals surface area contributed by atoms with E-state index in [1.807, 2.05) is 13.8 Å². The summed E-state index contributed by atoms with van der Waals surface area (Å²) in [6.07, 6.45) is -0.796. The second-order valence-corrected chi connectivity index (χ2v) is 6.25. The molecular formula is C20H21F2N3O5. The van der Waals surface area contributed by atoms with Crippen LogP contribution in [0.3, 0.4) is 0 Å². The van der Waals surface area contributed by atoms with Gasteiger partial charge in [0.15, 0.2) is 0 Å². The molecule has 1 N–H and O–H groups in total. The van der Waals surface area contributed by atoms with E-state index in [2.05, 4.69) is 4.98 Å². The zero-order valence-electron chi connectivity index (χ0n) is 16.5. The highest BCUT2D eigenvalue weighted by Gasteiger charge is 2.33. The number of rotatable bonds is 4. The second kappa shape index (κ2) is 9.04. The molecule has 2 aromatic rings. The number of benzene rings is 1. The highest BCUT2D eigenvalue weighted by molar-refractivity contribution is 5.90. The van der Waals surface area contributed by atoms with Gasteiger partial charge >= 0.3 is 12.2 Å². The van der Waals surface area contributed by atoms with Crippen LogP contribution >= 0.6 is 0 Å². The highest BCUT2D eigenvalue weighted by Crippen LogP contribution is 2.32. The van der Waals surface area contributed by atoms with Gasteiger partial charge in [0.1, 0.15) is 30.2 Å². The number of pyridine rings is 1. The molecule has 0 saturated carbocycles. The summed E-state index contributed by atoms with van der Waals surface area (Å²) < 4.78 is 39.0. The molecule has 10 heteroatoms. The quantitative estimate of drug-likeness (QED) is 0.814. The standard InChI is InChI=1S/C18H15F2N3O5.C2H6/c19-13-5-11(23-8-12(9-24)28-18(23)26)6-14(20)16(13)10-1-2-15(21-7-10)22-3-4-27-17(22)25;1-2/h1-2,5-7,12,24H,3-4,8-9H2;1-2H3. The Kier molecular flexibility index (Phi) is 6.46. The number of carbonyl (C=O) groups is 2. The van der Waals surface area contributed by atoms with E-state index in [0.29, 0.717) is 12.4 Å². The second-order valence-electron chi connectivity index (χ2n) is 6.25. The first-order valence-electron chi connectivity index (χ1n) is 9.46. The Labute approximate surface area is 171 Å². The molecule has 30 heavy (non-hydrogen) atoms. The first-order valence-corrected chi connectivity index (χ1v) is 9.46. The van der Waals surface area contributed by atoms with Gasteiger partial charge in [0.05, 0.1) is 30.9 Å². The van der Waals surface area contributed by atoms with Crippen LogP contribution in [-0.4, -0.2) is 54.7 Å². The number of aliphatic hydroxyl groups is 1. The van der Waals surface area contributed by atoms with Gasteiger partial charge in [-0.1, -0.05) is 13.8 Å². The molecule has 3 heterocycles. The van der Waals surface area contributed by atoms with Crippen LogP contribution in [0.5, 0.6) is 0 Å². The maximum atomic E-state index is 14.6. The van der Waals surface area contributed by atoms with Crippen molar-refractivity contribution in [1.82, 2.24) is 4.98 Å². The van der Waals surface area contributed by atoms with E-state index >= 15 is 0 Å². The number of hydrogen-bond acceptors (Lipinski definition) is 6.